The topological polar surface area (TPSA) is 39.2 Å². The van der Waals surface area contributed by atoms with E-state index >= 15 is 0 Å². The number of hydrogen-bond acceptors (Lipinski definition) is 3. The molecule has 0 unspecified atom stereocenters. The third kappa shape index (κ3) is 4.01. The molecule has 0 aliphatic heterocycles. The second-order valence-electron chi connectivity index (χ2n) is 5.00. The molecule has 3 heteroatoms. The third-order valence-corrected chi connectivity index (χ3v) is 2.04. The Kier molecular flexibility index (Phi) is 4.05. The van der Waals surface area contributed by atoms with Crippen LogP contribution in [0.25, 0.3) is 0 Å². The Hall–Kier alpha value is -1.38. The highest BCUT2D eigenvalue weighted by atomic mass is 16.5. The average Bonchev–Trinajstić information content (AvgIpc) is 2.16. The van der Waals surface area contributed by atoms with Crippen molar-refractivity contribution < 1.29 is 9.53 Å². The van der Waals surface area contributed by atoms with Crippen LogP contribution in [0.1, 0.15) is 44.5 Å². The molecular formula is C13H19NO2. The number of aromatic nitrogens is 1. The molecule has 0 fully saturated rings. The molecule has 0 spiro atoms. The lowest BCUT2D eigenvalue weighted by molar-refractivity contribution is 0.0939. The van der Waals surface area contributed by atoms with Gasteiger partial charge in [-0.1, -0.05) is 20.8 Å². The Morgan fingerprint density at radius 1 is 1.38 bits per heavy atom. The number of Topliss-reactive ketones (excluding diaryl/α,β-unsaturated/α-hetero) is 1. The van der Waals surface area contributed by atoms with E-state index in [4.69, 9.17) is 4.74 Å². The molecule has 0 aliphatic carbocycles. The highest BCUT2D eigenvalue weighted by Crippen LogP contribution is 2.22. The van der Waals surface area contributed by atoms with Gasteiger partial charge < -0.3 is 4.74 Å². The van der Waals surface area contributed by atoms with Gasteiger partial charge >= 0.3 is 0 Å². The molecule has 3 nitrogen and oxygen atoms in total. The predicted molar refractivity (Wildman–Crippen MR) is 63.8 cm³/mol. The molecule has 1 rings (SSSR count). The van der Waals surface area contributed by atoms with Gasteiger partial charge in [-0.3, -0.25) is 9.78 Å². The third-order valence-electron chi connectivity index (χ3n) is 2.04. The van der Waals surface area contributed by atoms with Crippen LogP contribution in [0.2, 0.25) is 0 Å². The van der Waals surface area contributed by atoms with E-state index in [-0.39, 0.29) is 11.2 Å². The summed E-state index contributed by atoms with van der Waals surface area (Å²) in [5.41, 5.74) is 0.625. The minimum atomic E-state index is -0.00129. The molecule has 0 atom stereocenters. The number of ether oxygens (including phenoxy) is 1. The molecule has 1 aromatic heterocycles. The van der Waals surface area contributed by atoms with Crippen LogP contribution in [-0.4, -0.2) is 17.4 Å². The Labute approximate surface area is 96.8 Å². The maximum Gasteiger partial charge on any atom is 0.165 e. The maximum atomic E-state index is 11.9. The van der Waals surface area contributed by atoms with Gasteiger partial charge in [-0.2, -0.15) is 0 Å². The van der Waals surface area contributed by atoms with Gasteiger partial charge in [0.2, 0.25) is 0 Å². The minimum absolute atomic E-state index is 0.00129. The second kappa shape index (κ2) is 5.10. The molecule has 0 saturated carbocycles. The summed E-state index contributed by atoms with van der Waals surface area (Å²) in [6.07, 6.45) is 3.73. The normalized spacial score (nSPS) is 11.2. The standard InChI is InChI=1S/C13H19NO2/c1-5-16-11-6-10(8-14-9-11)12(15)7-13(2,3)4/h6,8-9H,5,7H2,1-4H3. The number of carbonyl (C=O) groups is 1. The average molecular weight is 221 g/mol. The van der Waals surface area contributed by atoms with Crippen molar-refractivity contribution in [2.45, 2.75) is 34.1 Å². The Morgan fingerprint density at radius 2 is 2.06 bits per heavy atom. The molecule has 0 aromatic carbocycles. The van der Waals surface area contributed by atoms with E-state index in [1.807, 2.05) is 27.7 Å². The molecule has 0 aliphatic rings. The van der Waals surface area contributed by atoms with Crippen LogP contribution in [0, 0.1) is 5.41 Å². The van der Waals surface area contributed by atoms with E-state index < -0.39 is 0 Å². The van der Waals surface area contributed by atoms with Crippen molar-refractivity contribution in [3.05, 3.63) is 24.0 Å². The van der Waals surface area contributed by atoms with Crippen LogP contribution in [0.3, 0.4) is 0 Å². The van der Waals surface area contributed by atoms with E-state index in [0.29, 0.717) is 24.3 Å². The van der Waals surface area contributed by atoms with Crippen LogP contribution in [-0.2, 0) is 0 Å². The Balaban J connectivity index is 2.79. The number of pyridine rings is 1. The zero-order valence-electron chi connectivity index (χ0n) is 10.4. The second-order valence-corrected chi connectivity index (χ2v) is 5.00. The van der Waals surface area contributed by atoms with Crippen LogP contribution in [0.4, 0.5) is 0 Å². The lowest BCUT2D eigenvalue weighted by Gasteiger charge is -2.16. The van der Waals surface area contributed by atoms with Crippen molar-refractivity contribution in [3.8, 4) is 5.75 Å². The molecule has 1 aromatic rings. The molecule has 0 amide bonds. The molecular weight excluding hydrogens is 202 g/mol. The fraction of sp³-hybridized carbons (Fsp3) is 0.538. The van der Waals surface area contributed by atoms with E-state index in [0.717, 1.165) is 0 Å². The zero-order chi connectivity index (χ0) is 12.2. The summed E-state index contributed by atoms with van der Waals surface area (Å²) in [5.74, 6) is 0.767. The smallest absolute Gasteiger partial charge is 0.165 e. The van der Waals surface area contributed by atoms with Gasteiger partial charge in [0.25, 0.3) is 0 Å². The fourth-order valence-electron chi connectivity index (χ4n) is 1.40. The molecule has 0 radical (unpaired) electrons. The van der Waals surface area contributed by atoms with E-state index in [1.165, 1.54) is 0 Å². The van der Waals surface area contributed by atoms with Gasteiger partial charge in [0.1, 0.15) is 5.75 Å². The van der Waals surface area contributed by atoms with Crippen molar-refractivity contribution in [2.75, 3.05) is 6.61 Å². The summed E-state index contributed by atoms with van der Waals surface area (Å²) in [6.45, 7) is 8.63. The maximum absolute atomic E-state index is 11.9. The number of nitrogens with zero attached hydrogens (tertiary/aromatic N) is 1. The summed E-state index contributed by atoms with van der Waals surface area (Å²) in [6, 6.07) is 1.75. The van der Waals surface area contributed by atoms with Crippen molar-refractivity contribution >= 4 is 5.78 Å². The van der Waals surface area contributed by atoms with Gasteiger partial charge in [-0.05, 0) is 18.4 Å². The van der Waals surface area contributed by atoms with E-state index in [2.05, 4.69) is 4.98 Å². The summed E-state index contributed by atoms with van der Waals surface area (Å²) < 4.78 is 5.31. The van der Waals surface area contributed by atoms with Crippen molar-refractivity contribution in [1.82, 2.24) is 4.98 Å². The SMILES string of the molecule is CCOc1cncc(C(=O)CC(C)(C)C)c1. The Bertz CT molecular complexity index is 366. The molecule has 0 N–H and O–H groups in total. The summed E-state index contributed by atoms with van der Waals surface area (Å²) >= 11 is 0. The van der Waals surface area contributed by atoms with Gasteiger partial charge in [0.05, 0.1) is 12.8 Å². The number of ketones is 1. The fourth-order valence-corrected chi connectivity index (χ4v) is 1.40. The summed E-state index contributed by atoms with van der Waals surface area (Å²) in [5, 5.41) is 0. The number of carbonyl (C=O) groups excluding carboxylic acids is 1. The van der Waals surface area contributed by atoms with Crippen LogP contribution >= 0.6 is 0 Å². The van der Waals surface area contributed by atoms with Gasteiger partial charge in [-0.15, -0.1) is 0 Å². The van der Waals surface area contributed by atoms with Gasteiger partial charge in [0.15, 0.2) is 5.78 Å². The molecule has 0 saturated heterocycles. The van der Waals surface area contributed by atoms with E-state index in [1.54, 1.807) is 18.5 Å². The first kappa shape index (κ1) is 12.7. The summed E-state index contributed by atoms with van der Waals surface area (Å²) in [4.78, 5) is 15.9. The van der Waals surface area contributed by atoms with Crippen LogP contribution < -0.4 is 4.74 Å². The van der Waals surface area contributed by atoms with Gasteiger partial charge in [-0.25, -0.2) is 0 Å². The Morgan fingerprint density at radius 3 is 2.62 bits per heavy atom. The van der Waals surface area contributed by atoms with Crippen LogP contribution in [0.15, 0.2) is 18.5 Å². The minimum Gasteiger partial charge on any atom is -0.492 e. The first-order valence-corrected chi connectivity index (χ1v) is 5.53. The van der Waals surface area contributed by atoms with Crippen molar-refractivity contribution in [3.63, 3.8) is 0 Å². The van der Waals surface area contributed by atoms with Gasteiger partial charge in [0, 0.05) is 18.2 Å². The molecule has 16 heavy (non-hydrogen) atoms. The zero-order valence-corrected chi connectivity index (χ0v) is 10.4. The van der Waals surface area contributed by atoms with Crippen LogP contribution in [0.5, 0.6) is 5.75 Å². The lowest BCUT2D eigenvalue weighted by Crippen LogP contribution is -2.13. The largest absolute Gasteiger partial charge is 0.492 e. The first-order chi connectivity index (χ1) is 7.42. The molecule has 0 bridgehead atoms. The highest BCUT2D eigenvalue weighted by Gasteiger charge is 2.17. The summed E-state index contributed by atoms with van der Waals surface area (Å²) in [7, 11) is 0. The van der Waals surface area contributed by atoms with E-state index in [9.17, 15) is 4.79 Å². The lowest BCUT2D eigenvalue weighted by atomic mass is 9.88. The first-order valence-electron chi connectivity index (χ1n) is 5.53. The molecule has 88 valence electrons. The predicted octanol–water partition coefficient (Wildman–Crippen LogP) is 3.10. The monoisotopic (exact) mass is 221 g/mol. The number of hydrogen-bond donors (Lipinski definition) is 0. The quantitative estimate of drug-likeness (QED) is 0.733. The number of rotatable bonds is 4. The molecule has 1 heterocycles. The van der Waals surface area contributed by atoms with Crippen molar-refractivity contribution in [2.24, 2.45) is 5.41 Å². The van der Waals surface area contributed by atoms with Crippen molar-refractivity contribution in [1.29, 1.82) is 0 Å². The highest BCUT2D eigenvalue weighted by molar-refractivity contribution is 5.96.